The van der Waals surface area contributed by atoms with Gasteiger partial charge < -0.3 is 11.1 Å². The van der Waals surface area contributed by atoms with Crippen LogP contribution < -0.4 is 11.1 Å². The van der Waals surface area contributed by atoms with Gasteiger partial charge in [-0.25, -0.2) is 0 Å². The van der Waals surface area contributed by atoms with Crippen LogP contribution in [0.15, 0.2) is 0 Å². The molecule has 0 aliphatic rings. The number of rotatable bonds is 6. The number of nitrogens with one attached hydrogen (secondary N) is 1. The summed E-state index contributed by atoms with van der Waals surface area (Å²) >= 11 is 0. The highest BCUT2D eigenvalue weighted by molar-refractivity contribution is 4.65. The Kier molecular flexibility index (Phi) is 6.57. The van der Waals surface area contributed by atoms with Crippen molar-refractivity contribution in [2.24, 2.45) is 5.73 Å². The van der Waals surface area contributed by atoms with Crippen molar-refractivity contribution in [2.75, 3.05) is 6.54 Å². The molecule has 0 aromatic heterocycles. The Labute approximate surface area is 70.5 Å². The van der Waals surface area contributed by atoms with Gasteiger partial charge in [-0.05, 0) is 32.7 Å². The molecular weight excluding hydrogens is 136 g/mol. The van der Waals surface area contributed by atoms with Crippen LogP contribution in [0.3, 0.4) is 0 Å². The van der Waals surface area contributed by atoms with Gasteiger partial charge in [-0.2, -0.15) is 0 Å². The first kappa shape index (κ1) is 10.9. The summed E-state index contributed by atoms with van der Waals surface area (Å²) in [7, 11) is 0. The van der Waals surface area contributed by atoms with Crippen LogP contribution in [0, 0.1) is 0 Å². The lowest BCUT2D eigenvalue weighted by Gasteiger charge is -2.14. The van der Waals surface area contributed by atoms with Crippen molar-refractivity contribution >= 4 is 0 Å². The van der Waals surface area contributed by atoms with E-state index in [1.54, 1.807) is 0 Å². The molecule has 0 rings (SSSR count). The fourth-order valence-electron chi connectivity index (χ4n) is 1.12. The van der Waals surface area contributed by atoms with Crippen LogP contribution in [0.5, 0.6) is 0 Å². The van der Waals surface area contributed by atoms with E-state index in [4.69, 9.17) is 5.73 Å². The summed E-state index contributed by atoms with van der Waals surface area (Å²) < 4.78 is 0. The van der Waals surface area contributed by atoms with Gasteiger partial charge in [0.2, 0.25) is 0 Å². The maximum absolute atomic E-state index is 5.79. The van der Waals surface area contributed by atoms with E-state index in [-0.39, 0.29) is 0 Å². The smallest absolute Gasteiger partial charge is 0.00391 e. The van der Waals surface area contributed by atoms with Crippen LogP contribution in [0.2, 0.25) is 0 Å². The van der Waals surface area contributed by atoms with Crippen LogP contribution >= 0.6 is 0 Å². The zero-order valence-electron chi connectivity index (χ0n) is 8.06. The molecule has 2 nitrogen and oxygen atoms in total. The van der Waals surface area contributed by atoms with Crippen molar-refractivity contribution in [3.05, 3.63) is 0 Å². The quantitative estimate of drug-likeness (QED) is 0.615. The Morgan fingerprint density at radius 2 is 1.91 bits per heavy atom. The molecule has 0 saturated carbocycles. The van der Waals surface area contributed by atoms with E-state index in [1.165, 1.54) is 6.42 Å². The van der Waals surface area contributed by atoms with Crippen LogP contribution in [0.25, 0.3) is 0 Å². The normalized spacial score (nSPS) is 16.4. The van der Waals surface area contributed by atoms with Crippen molar-refractivity contribution in [2.45, 2.75) is 52.1 Å². The predicted octanol–water partition coefficient (Wildman–Crippen LogP) is 1.50. The van der Waals surface area contributed by atoms with Crippen LogP contribution in [0.4, 0.5) is 0 Å². The molecule has 68 valence electrons. The van der Waals surface area contributed by atoms with E-state index in [2.05, 4.69) is 26.1 Å². The maximum Gasteiger partial charge on any atom is 0.00391 e. The van der Waals surface area contributed by atoms with Crippen LogP contribution in [-0.4, -0.2) is 18.6 Å². The molecule has 2 heteroatoms. The Morgan fingerprint density at radius 3 is 2.36 bits per heavy atom. The molecule has 0 saturated heterocycles. The number of hydrogen-bond donors (Lipinski definition) is 2. The second-order valence-corrected chi connectivity index (χ2v) is 3.20. The molecule has 0 aromatic rings. The summed E-state index contributed by atoms with van der Waals surface area (Å²) in [4.78, 5) is 0. The average molecular weight is 158 g/mol. The molecule has 0 aliphatic carbocycles. The van der Waals surface area contributed by atoms with Gasteiger partial charge in [0.05, 0.1) is 0 Å². The standard InChI is InChI=1S/C9H22N2/c1-4-9(10)7-6-8(3)11-5-2/h8-9,11H,4-7,10H2,1-3H3. The van der Waals surface area contributed by atoms with Crippen LogP contribution in [0.1, 0.15) is 40.0 Å². The molecule has 3 N–H and O–H groups in total. The lowest BCUT2D eigenvalue weighted by atomic mass is 10.1. The van der Waals surface area contributed by atoms with Gasteiger partial charge in [0.25, 0.3) is 0 Å². The zero-order valence-corrected chi connectivity index (χ0v) is 8.06. The highest BCUT2D eigenvalue weighted by atomic mass is 14.9. The zero-order chi connectivity index (χ0) is 8.69. The average Bonchev–Trinajstić information content (AvgIpc) is 2.01. The minimum Gasteiger partial charge on any atom is -0.328 e. The second-order valence-electron chi connectivity index (χ2n) is 3.20. The number of nitrogens with two attached hydrogens (primary N) is 1. The SMILES string of the molecule is CCNC(C)CCC(N)CC. The molecule has 2 atom stereocenters. The van der Waals surface area contributed by atoms with E-state index in [0.717, 1.165) is 19.4 Å². The summed E-state index contributed by atoms with van der Waals surface area (Å²) in [6, 6.07) is 1.02. The number of hydrogen-bond acceptors (Lipinski definition) is 2. The summed E-state index contributed by atoms with van der Waals surface area (Å²) in [5.74, 6) is 0. The molecule has 0 heterocycles. The third-order valence-corrected chi connectivity index (χ3v) is 2.05. The summed E-state index contributed by atoms with van der Waals surface area (Å²) in [5, 5.41) is 3.37. The molecule has 2 unspecified atom stereocenters. The van der Waals surface area contributed by atoms with Crippen molar-refractivity contribution < 1.29 is 0 Å². The molecule has 0 radical (unpaired) electrons. The third kappa shape index (κ3) is 6.32. The summed E-state index contributed by atoms with van der Waals surface area (Å²) in [6.07, 6.45) is 3.44. The first-order valence-electron chi connectivity index (χ1n) is 4.69. The van der Waals surface area contributed by atoms with E-state index in [9.17, 15) is 0 Å². The minimum atomic E-state index is 0.399. The van der Waals surface area contributed by atoms with E-state index in [0.29, 0.717) is 12.1 Å². The van der Waals surface area contributed by atoms with Crippen LogP contribution in [-0.2, 0) is 0 Å². The van der Waals surface area contributed by atoms with E-state index < -0.39 is 0 Å². The Morgan fingerprint density at radius 1 is 1.27 bits per heavy atom. The van der Waals surface area contributed by atoms with Gasteiger partial charge in [0, 0.05) is 12.1 Å². The Balaban J connectivity index is 3.22. The molecule has 0 fully saturated rings. The highest BCUT2D eigenvalue weighted by Crippen LogP contribution is 2.01. The fourth-order valence-corrected chi connectivity index (χ4v) is 1.12. The molecule has 0 bridgehead atoms. The first-order valence-corrected chi connectivity index (χ1v) is 4.69. The topological polar surface area (TPSA) is 38.0 Å². The Bertz CT molecular complexity index is 83.6. The molecule has 0 spiro atoms. The lowest BCUT2D eigenvalue weighted by Crippen LogP contribution is -2.28. The fraction of sp³-hybridized carbons (Fsp3) is 1.00. The molecular formula is C9H22N2. The van der Waals surface area contributed by atoms with Gasteiger partial charge in [-0.15, -0.1) is 0 Å². The Hall–Kier alpha value is -0.0800. The molecule has 11 heavy (non-hydrogen) atoms. The van der Waals surface area contributed by atoms with E-state index in [1.807, 2.05) is 0 Å². The summed E-state index contributed by atoms with van der Waals surface area (Å²) in [6.45, 7) is 7.55. The van der Waals surface area contributed by atoms with Crippen molar-refractivity contribution in [1.82, 2.24) is 5.32 Å². The van der Waals surface area contributed by atoms with Gasteiger partial charge in [0.1, 0.15) is 0 Å². The molecule has 0 aliphatic heterocycles. The molecule has 0 aromatic carbocycles. The lowest BCUT2D eigenvalue weighted by molar-refractivity contribution is 0.470. The summed E-state index contributed by atoms with van der Waals surface area (Å²) in [5.41, 5.74) is 5.79. The van der Waals surface area contributed by atoms with Crippen molar-refractivity contribution in [1.29, 1.82) is 0 Å². The van der Waals surface area contributed by atoms with E-state index >= 15 is 0 Å². The van der Waals surface area contributed by atoms with Gasteiger partial charge in [-0.1, -0.05) is 13.8 Å². The van der Waals surface area contributed by atoms with Crippen molar-refractivity contribution in [3.63, 3.8) is 0 Å². The highest BCUT2D eigenvalue weighted by Gasteiger charge is 2.03. The van der Waals surface area contributed by atoms with Gasteiger partial charge >= 0.3 is 0 Å². The van der Waals surface area contributed by atoms with Gasteiger partial charge in [-0.3, -0.25) is 0 Å². The molecule has 0 amide bonds. The van der Waals surface area contributed by atoms with Crippen molar-refractivity contribution in [3.8, 4) is 0 Å². The monoisotopic (exact) mass is 158 g/mol. The largest absolute Gasteiger partial charge is 0.328 e. The minimum absolute atomic E-state index is 0.399. The second kappa shape index (κ2) is 6.62. The maximum atomic E-state index is 5.79. The third-order valence-electron chi connectivity index (χ3n) is 2.05. The predicted molar refractivity (Wildman–Crippen MR) is 50.6 cm³/mol. The first-order chi connectivity index (χ1) is 5.20. The van der Waals surface area contributed by atoms with Gasteiger partial charge in [0.15, 0.2) is 0 Å².